The van der Waals surface area contributed by atoms with Crippen LogP contribution >= 0.6 is 11.3 Å². The zero-order valence-electron chi connectivity index (χ0n) is 11.7. The Morgan fingerprint density at radius 2 is 2.15 bits per heavy atom. The van der Waals surface area contributed by atoms with Crippen LogP contribution in [0.1, 0.15) is 31.7 Å². The largest absolute Gasteiger partial charge is 0.334 e. The first kappa shape index (κ1) is 13.3. The summed E-state index contributed by atoms with van der Waals surface area (Å²) in [4.78, 5) is 18.8. The SMILES string of the molecule is CC(C)N(C(=O)/C=C/c1nc2ccccc2s1)C1CC1. The van der Waals surface area contributed by atoms with Gasteiger partial charge in [0.1, 0.15) is 5.01 Å². The number of aromatic nitrogens is 1. The molecule has 1 aromatic heterocycles. The quantitative estimate of drug-likeness (QED) is 0.803. The average molecular weight is 286 g/mol. The van der Waals surface area contributed by atoms with E-state index < -0.39 is 0 Å². The molecule has 0 spiro atoms. The molecule has 0 atom stereocenters. The van der Waals surface area contributed by atoms with E-state index in [2.05, 4.69) is 24.9 Å². The number of para-hydroxylation sites is 1. The molecule has 1 heterocycles. The molecule has 1 aliphatic carbocycles. The van der Waals surface area contributed by atoms with Crippen molar-refractivity contribution in [1.82, 2.24) is 9.88 Å². The highest BCUT2D eigenvalue weighted by Gasteiger charge is 2.33. The lowest BCUT2D eigenvalue weighted by Crippen LogP contribution is -2.37. The highest BCUT2D eigenvalue weighted by atomic mass is 32.1. The van der Waals surface area contributed by atoms with Gasteiger partial charge in [0.2, 0.25) is 5.91 Å². The van der Waals surface area contributed by atoms with Crippen LogP contribution in [0.15, 0.2) is 30.3 Å². The van der Waals surface area contributed by atoms with Crippen LogP contribution in [-0.2, 0) is 4.79 Å². The molecule has 4 heteroatoms. The minimum atomic E-state index is 0.0988. The maximum absolute atomic E-state index is 12.3. The fourth-order valence-corrected chi connectivity index (χ4v) is 3.27. The molecule has 3 nitrogen and oxygen atoms in total. The molecule has 2 aromatic rings. The van der Waals surface area contributed by atoms with Gasteiger partial charge >= 0.3 is 0 Å². The lowest BCUT2D eigenvalue weighted by molar-refractivity contribution is -0.128. The highest BCUT2D eigenvalue weighted by Crippen LogP contribution is 2.29. The topological polar surface area (TPSA) is 33.2 Å². The first-order chi connectivity index (χ1) is 9.65. The molecular weight excluding hydrogens is 268 g/mol. The molecule has 0 bridgehead atoms. The molecule has 3 rings (SSSR count). The Labute approximate surface area is 122 Å². The van der Waals surface area contributed by atoms with Gasteiger partial charge in [0.25, 0.3) is 0 Å². The smallest absolute Gasteiger partial charge is 0.247 e. The van der Waals surface area contributed by atoms with Crippen LogP contribution < -0.4 is 0 Å². The van der Waals surface area contributed by atoms with Gasteiger partial charge in [-0.05, 0) is 44.9 Å². The molecule has 1 saturated carbocycles. The molecule has 1 aromatic carbocycles. The van der Waals surface area contributed by atoms with Crippen molar-refractivity contribution in [1.29, 1.82) is 0 Å². The van der Waals surface area contributed by atoms with Crippen LogP contribution in [0.4, 0.5) is 0 Å². The van der Waals surface area contributed by atoms with Crippen molar-refractivity contribution in [2.24, 2.45) is 0 Å². The number of amides is 1. The Hall–Kier alpha value is -1.68. The highest BCUT2D eigenvalue weighted by molar-refractivity contribution is 7.19. The van der Waals surface area contributed by atoms with Crippen molar-refractivity contribution < 1.29 is 4.79 Å². The molecule has 1 fully saturated rings. The average Bonchev–Trinajstić information content (AvgIpc) is 3.14. The van der Waals surface area contributed by atoms with E-state index in [0.717, 1.165) is 28.1 Å². The summed E-state index contributed by atoms with van der Waals surface area (Å²) in [7, 11) is 0. The fraction of sp³-hybridized carbons (Fsp3) is 0.375. The van der Waals surface area contributed by atoms with Gasteiger partial charge in [0.05, 0.1) is 10.2 Å². The summed E-state index contributed by atoms with van der Waals surface area (Å²) in [5, 5.41) is 0.888. The van der Waals surface area contributed by atoms with E-state index in [1.165, 1.54) is 0 Å². The zero-order valence-corrected chi connectivity index (χ0v) is 12.6. The van der Waals surface area contributed by atoms with Crippen LogP contribution in [0.2, 0.25) is 0 Å². The first-order valence-corrected chi connectivity index (χ1v) is 7.83. The lowest BCUT2D eigenvalue weighted by atomic mass is 10.3. The van der Waals surface area contributed by atoms with Crippen LogP contribution in [0.3, 0.4) is 0 Å². The monoisotopic (exact) mass is 286 g/mol. The zero-order chi connectivity index (χ0) is 14.1. The number of fused-ring (bicyclic) bond motifs is 1. The van der Waals surface area contributed by atoms with E-state index in [1.807, 2.05) is 29.2 Å². The second-order valence-corrected chi connectivity index (χ2v) is 6.49. The molecule has 1 aliphatic rings. The van der Waals surface area contributed by atoms with Crippen LogP contribution in [0.25, 0.3) is 16.3 Å². The van der Waals surface area contributed by atoms with Crippen molar-refractivity contribution in [3.63, 3.8) is 0 Å². The summed E-state index contributed by atoms with van der Waals surface area (Å²) < 4.78 is 1.16. The Bertz CT molecular complexity index is 620. The van der Waals surface area contributed by atoms with E-state index in [-0.39, 0.29) is 11.9 Å². The van der Waals surface area contributed by atoms with Crippen LogP contribution in [0.5, 0.6) is 0 Å². The number of hydrogen-bond donors (Lipinski definition) is 0. The Balaban J connectivity index is 1.77. The van der Waals surface area contributed by atoms with Gasteiger partial charge in [-0.25, -0.2) is 4.98 Å². The number of carbonyl (C=O) groups excluding carboxylic acids is 1. The van der Waals surface area contributed by atoms with E-state index in [4.69, 9.17) is 0 Å². The van der Waals surface area contributed by atoms with E-state index in [9.17, 15) is 4.79 Å². The van der Waals surface area contributed by atoms with E-state index >= 15 is 0 Å². The summed E-state index contributed by atoms with van der Waals surface area (Å²) >= 11 is 1.61. The van der Waals surface area contributed by atoms with Crippen LogP contribution in [0, 0.1) is 0 Å². The van der Waals surface area contributed by atoms with Gasteiger partial charge in [0, 0.05) is 18.2 Å². The third-order valence-corrected chi connectivity index (χ3v) is 4.43. The number of benzene rings is 1. The molecule has 1 amide bonds. The predicted octanol–water partition coefficient (Wildman–Crippen LogP) is 3.71. The number of nitrogens with zero attached hydrogens (tertiary/aromatic N) is 2. The summed E-state index contributed by atoms with van der Waals surface area (Å²) in [6.07, 6.45) is 5.78. The van der Waals surface area contributed by atoms with Gasteiger partial charge in [-0.2, -0.15) is 0 Å². The molecule has 20 heavy (non-hydrogen) atoms. The van der Waals surface area contributed by atoms with Gasteiger partial charge in [-0.15, -0.1) is 11.3 Å². The fourth-order valence-electron chi connectivity index (χ4n) is 2.40. The molecule has 0 saturated heterocycles. The Morgan fingerprint density at radius 1 is 1.40 bits per heavy atom. The van der Waals surface area contributed by atoms with Gasteiger partial charge in [0.15, 0.2) is 0 Å². The summed E-state index contributed by atoms with van der Waals surface area (Å²) in [5.74, 6) is 0.0988. The van der Waals surface area contributed by atoms with Crippen molar-refractivity contribution in [3.05, 3.63) is 35.3 Å². The molecule has 0 N–H and O–H groups in total. The summed E-state index contributed by atoms with van der Waals surface area (Å²) in [6, 6.07) is 8.74. The third-order valence-electron chi connectivity index (χ3n) is 3.43. The third kappa shape index (κ3) is 2.75. The molecule has 0 radical (unpaired) electrons. The number of thiazole rings is 1. The van der Waals surface area contributed by atoms with E-state index in [0.29, 0.717) is 6.04 Å². The first-order valence-electron chi connectivity index (χ1n) is 7.01. The normalized spacial score (nSPS) is 15.3. The molecular formula is C16H18N2OS. The standard InChI is InChI=1S/C16H18N2OS/c1-11(2)18(12-7-8-12)16(19)10-9-15-17-13-5-3-4-6-14(13)20-15/h3-6,9-12H,7-8H2,1-2H3/b10-9+. The minimum Gasteiger partial charge on any atom is -0.334 e. The van der Waals surface area contributed by atoms with Crippen LogP contribution in [-0.4, -0.2) is 27.9 Å². The maximum atomic E-state index is 12.3. The van der Waals surface area contributed by atoms with Gasteiger partial charge < -0.3 is 4.90 Å². The van der Waals surface area contributed by atoms with Gasteiger partial charge in [-0.1, -0.05) is 12.1 Å². The van der Waals surface area contributed by atoms with Crippen molar-refractivity contribution in [2.75, 3.05) is 0 Å². The Kier molecular flexibility index (Phi) is 3.57. The summed E-state index contributed by atoms with van der Waals surface area (Å²) in [5.41, 5.74) is 0.993. The number of hydrogen-bond acceptors (Lipinski definition) is 3. The lowest BCUT2D eigenvalue weighted by Gasteiger charge is -2.25. The van der Waals surface area contributed by atoms with E-state index in [1.54, 1.807) is 17.4 Å². The molecule has 104 valence electrons. The minimum absolute atomic E-state index is 0.0988. The summed E-state index contributed by atoms with van der Waals surface area (Å²) in [6.45, 7) is 4.14. The second kappa shape index (κ2) is 5.37. The van der Waals surface area contributed by atoms with Crippen molar-refractivity contribution >= 4 is 33.5 Å². The van der Waals surface area contributed by atoms with Crippen molar-refractivity contribution in [2.45, 2.75) is 38.8 Å². The maximum Gasteiger partial charge on any atom is 0.247 e. The molecule has 0 unspecified atom stereocenters. The van der Waals surface area contributed by atoms with Gasteiger partial charge in [-0.3, -0.25) is 4.79 Å². The van der Waals surface area contributed by atoms with Crippen molar-refractivity contribution in [3.8, 4) is 0 Å². The predicted molar refractivity (Wildman–Crippen MR) is 83.7 cm³/mol. The Morgan fingerprint density at radius 3 is 2.80 bits per heavy atom. The second-order valence-electron chi connectivity index (χ2n) is 5.42. The number of rotatable bonds is 4. The molecule has 0 aliphatic heterocycles. The number of carbonyl (C=O) groups is 1.